The van der Waals surface area contributed by atoms with Crippen LogP contribution in [0.15, 0.2) is 0 Å². The number of nitrogens with zero attached hydrogens (tertiary/aromatic N) is 3. The van der Waals surface area contributed by atoms with Crippen LogP contribution in [0.3, 0.4) is 0 Å². The lowest BCUT2D eigenvalue weighted by Gasteiger charge is -2.37. The molecule has 0 aliphatic carbocycles. The van der Waals surface area contributed by atoms with E-state index in [9.17, 15) is 0 Å². The lowest BCUT2D eigenvalue weighted by molar-refractivity contribution is 0.0312. The number of piperazine rings is 1. The van der Waals surface area contributed by atoms with E-state index in [1.165, 1.54) is 58.7 Å². The molecule has 2 aliphatic heterocycles. The molecule has 2 saturated heterocycles. The summed E-state index contributed by atoms with van der Waals surface area (Å²) in [6.45, 7) is 9.54. The molecule has 2 fully saturated rings. The van der Waals surface area contributed by atoms with Gasteiger partial charge in [-0.05, 0) is 25.8 Å². The van der Waals surface area contributed by atoms with Crippen LogP contribution in [0.25, 0.3) is 0 Å². The third-order valence-corrected chi connectivity index (χ3v) is 4.13. The minimum Gasteiger partial charge on any atom is -0.369 e. The van der Waals surface area contributed by atoms with Crippen LogP contribution in [-0.2, 0) is 4.74 Å². The van der Waals surface area contributed by atoms with Crippen molar-refractivity contribution >= 4 is 0 Å². The van der Waals surface area contributed by atoms with Crippen molar-refractivity contribution in [2.45, 2.75) is 12.8 Å². The Morgan fingerprint density at radius 1 is 0.941 bits per heavy atom. The van der Waals surface area contributed by atoms with Gasteiger partial charge in [-0.2, -0.15) is 0 Å². The zero-order valence-corrected chi connectivity index (χ0v) is 11.4. The topological polar surface area (TPSA) is 19.0 Å². The smallest absolute Gasteiger partial charge is 0.0986 e. The van der Waals surface area contributed by atoms with E-state index in [0.29, 0.717) is 0 Å². The highest BCUT2D eigenvalue weighted by atomic mass is 16.5. The molecule has 0 N–H and O–H groups in total. The molecule has 0 aromatic rings. The molecule has 0 aromatic carbocycles. The Bertz CT molecular complexity index is 209. The maximum atomic E-state index is 5.19. The molecule has 2 rings (SSSR count). The Morgan fingerprint density at radius 2 is 1.59 bits per heavy atom. The molecule has 0 atom stereocenters. The molecule has 0 spiro atoms. The van der Waals surface area contributed by atoms with Gasteiger partial charge in [0.15, 0.2) is 0 Å². The van der Waals surface area contributed by atoms with Crippen LogP contribution >= 0.6 is 0 Å². The quantitative estimate of drug-likeness (QED) is 0.715. The van der Waals surface area contributed by atoms with Gasteiger partial charge in [-0.3, -0.25) is 4.90 Å². The van der Waals surface area contributed by atoms with E-state index in [4.69, 9.17) is 4.74 Å². The van der Waals surface area contributed by atoms with Gasteiger partial charge in [0.1, 0.15) is 0 Å². The maximum Gasteiger partial charge on any atom is 0.0986 e. The van der Waals surface area contributed by atoms with Gasteiger partial charge in [0.2, 0.25) is 0 Å². The van der Waals surface area contributed by atoms with Gasteiger partial charge < -0.3 is 14.5 Å². The number of rotatable bonds is 4. The summed E-state index contributed by atoms with van der Waals surface area (Å²) < 4.78 is 5.19. The highest BCUT2D eigenvalue weighted by molar-refractivity contribution is 4.77. The van der Waals surface area contributed by atoms with Crippen LogP contribution in [-0.4, -0.2) is 81.4 Å². The van der Waals surface area contributed by atoms with Crippen molar-refractivity contribution < 1.29 is 4.74 Å². The SMILES string of the molecule is COCN1CCC(CN2CCN(C)CC2)CC1. The molecule has 0 saturated carbocycles. The molecule has 4 nitrogen and oxygen atoms in total. The van der Waals surface area contributed by atoms with E-state index in [1.807, 2.05) is 0 Å². The molecular weight excluding hydrogens is 214 g/mol. The molecule has 4 heteroatoms. The number of methoxy groups -OCH3 is 1. The van der Waals surface area contributed by atoms with Gasteiger partial charge in [-0.1, -0.05) is 0 Å². The summed E-state index contributed by atoms with van der Waals surface area (Å²) in [6.07, 6.45) is 2.69. The van der Waals surface area contributed by atoms with Gasteiger partial charge in [-0.15, -0.1) is 0 Å². The summed E-state index contributed by atoms with van der Waals surface area (Å²) in [7, 11) is 4.01. The van der Waals surface area contributed by atoms with Crippen LogP contribution < -0.4 is 0 Å². The first-order chi connectivity index (χ1) is 8.28. The molecule has 0 radical (unpaired) electrons. The lowest BCUT2D eigenvalue weighted by Crippen LogP contribution is -2.47. The highest BCUT2D eigenvalue weighted by Crippen LogP contribution is 2.18. The summed E-state index contributed by atoms with van der Waals surface area (Å²) in [6, 6.07) is 0. The predicted octanol–water partition coefficient (Wildman–Crippen LogP) is 0.550. The van der Waals surface area contributed by atoms with E-state index in [2.05, 4.69) is 21.7 Å². The molecule has 0 amide bonds. The fraction of sp³-hybridized carbons (Fsp3) is 1.00. The molecule has 100 valence electrons. The van der Waals surface area contributed by atoms with E-state index < -0.39 is 0 Å². The van der Waals surface area contributed by atoms with Crippen molar-refractivity contribution in [3.8, 4) is 0 Å². The van der Waals surface area contributed by atoms with Crippen molar-refractivity contribution in [1.29, 1.82) is 0 Å². The molecular formula is C13H27N3O. The third kappa shape index (κ3) is 4.21. The van der Waals surface area contributed by atoms with Crippen molar-refractivity contribution in [1.82, 2.24) is 14.7 Å². The minimum atomic E-state index is 0.807. The Balaban J connectivity index is 1.64. The minimum absolute atomic E-state index is 0.807. The van der Waals surface area contributed by atoms with Crippen LogP contribution in [0.5, 0.6) is 0 Å². The van der Waals surface area contributed by atoms with E-state index in [-0.39, 0.29) is 0 Å². The largest absolute Gasteiger partial charge is 0.369 e. The van der Waals surface area contributed by atoms with Crippen LogP contribution in [0, 0.1) is 5.92 Å². The molecule has 17 heavy (non-hydrogen) atoms. The van der Waals surface area contributed by atoms with Gasteiger partial charge in [0.25, 0.3) is 0 Å². The number of likely N-dealkylation sites (N-methyl/N-ethyl adjacent to an activating group) is 1. The Labute approximate surface area is 105 Å². The number of likely N-dealkylation sites (tertiary alicyclic amines) is 1. The lowest BCUT2D eigenvalue weighted by atomic mass is 9.96. The monoisotopic (exact) mass is 241 g/mol. The first kappa shape index (κ1) is 13.3. The van der Waals surface area contributed by atoms with Gasteiger partial charge in [-0.25, -0.2) is 0 Å². The van der Waals surface area contributed by atoms with Crippen LogP contribution in [0.1, 0.15) is 12.8 Å². The van der Waals surface area contributed by atoms with Gasteiger partial charge in [0, 0.05) is 52.9 Å². The molecule has 0 unspecified atom stereocenters. The highest BCUT2D eigenvalue weighted by Gasteiger charge is 2.22. The van der Waals surface area contributed by atoms with E-state index in [1.54, 1.807) is 7.11 Å². The first-order valence-electron chi connectivity index (χ1n) is 6.90. The zero-order chi connectivity index (χ0) is 12.1. The van der Waals surface area contributed by atoms with Gasteiger partial charge >= 0.3 is 0 Å². The first-order valence-corrected chi connectivity index (χ1v) is 6.90. The molecule has 2 aliphatic rings. The average Bonchev–Trinajstić information content (AvgIpc) is 2.35. The number of piperidine rings is 1. The van der Waals surface area contributed by atoms with E-state index >= 15 is 0 Å². The summed E-state index contributed by atoms with van der Waals surface area (Å²) in [5.41, 5.74) is 0. The standard InChI is InChI=1S/C13H27N3O/c1-14-7-9-15(10-8-14)11-13-3-5-16(6-4-13)12-17-2/h13H,3-12H2,1-2H3. The van der Waals surface area contributed by atoms with E-state index in [0.717, 1.165) is 12.6 Å². The summed E-state index contributed by atoms with van der Waals surface area (Å²) in [5, 5.41) is 0. The summed E-state index contributed by atoms with van der Waals surface area (Å²) in [4.78, 5) is 7.49. The molecule has 0 aromatic heterocycles. The second-order valence-electron chi connectivity index (χ2n) is 5.58. The Hall–Kier alpha value is -0.160. The Kier molecular flexibility index (Phi) is 5.22. The zero-order valence-electron chi connectivity index (χ0n) is 11.4. The second-order valence-corrected chi connectivity index (χ2v) is 5.58. The summed E-state index contributed by atoms with van der Waals surface area (Å²) in [5.74, 6) is 0.909. The fourth-order valence-electron chi connectivity index (χ4n) is 2.88. The van der Waals surface area contributed by atoms with Crippen molar-refractivity contribution in [2.24, 2.45) is 5.92 Å². The summed E-state index contributed by atoms with van der Waals surface area (Å²) >= 11 is 0. The van der Waals surface area contributed by atoms with Crippen LogP contribution in [0.4, 0.5) is 0 Å². The van der Waals surface area contributed by atoms with Crippen molar-refractivity contribution in [3.05, 3.63) is 0 Å². The number of hydrogen-bond acceptors (Lipinski definition) is 4. The van der Waals surface area contributed by atoms with Crippen molar-refractivity contribution in [2.75, 3.05) is 66.7 Å². The molecule has 0 bridgehead atoms. The Morgan fingerprint density at radius 3 is 2.18 bits per heavy atom. The maximum absolute atomic E-state index is 5.19. The van der Waals surface area contributed by atoms with Gasteiger partial charge in [0.05, 0.1) is 6.73 Å². The normalized spacial score (nSPS) is 26.5. The molecule has 2 heterocycles. The fourth-order valence-corrected chi connectivity index (χ4v) is 2.88. The third-order valence-electron chi connectivity index (χ3n) is 4.13. The second kappa shape index (κ2) is 6.69. The average molecular weight is 241 g/mol. The predicted molar refractivity (Wildman–Crippen MR) is 70.1 cm³/mol. The van der Waals surface area contributed by atoms with Crippen molar-refractivity contribution in [3.63, 3.8) is 0 Å². The number of hydrogen-bond donors (Lipinski definition) is 0. The number of ether oxygens (including phenoxy) is 1. The van der Waals surface area contributed by atoms with Crippen LogP contribution in [0.2, 0.25) is 0 Å².